The number of amides is 2. The van der Waals surface area contributed by atoms with Crippen molar-refractivity contribution in [1.82, 2.24) is 29.0 Å². The molecule has 0 saturated carbocycles. The van der Waals surface area contributed by atoms with Crippen LogP contribution in [0, 0.1) is 13.8 Å². The summed E-state index contributed by atoms with van der Waals surface area (Å²) in [6, 6.07) is 9.21. The number of halogens is 1. The first kappa shape index (κ1) is 25.9. The number of aromatic nitrogens is 4. The van der Waals surface area contributed by atoms with E-state index in [0.29, 0.717) is 65.4 Å². The van der Waals surface area contributed by atoms with Crippen molar-refractivity contribution in [1.29, 1.82) is 0 Å². The zero-order valence-electron chi connectivity index (χ0n) is 21.3. The van der Waals surface area contributed by atoms with E-state index in [0.717, 1.165) is 11.4 Å². The van der Waals surface area contributed by atoms with Crippen LogP contribution in [0.5, 0.6) is 0 Å². The highest BCUT2D eigenvalue weighted by Gasteiger charge is 2.26. The monoisotopic (exact) mass is 554 g/mol. The number of thiazole rings is 1. The van der Waals surface area contributed by atoms with E-state index in [1.165, 1.54) is 15.7 Å². The van der Waals surface area contributed by atoms with Crippen LogP contribution in [0.4, 0.5) is 4.79 Å². The number of carbonyl (C=O) groups excluding carboxylic acids is 2. The topological polar surface area (TPSA) is 102 Å². The summed E-state index contributed by atoms with van der Waals surface area (Å²) in [6.45, 7) is 7.40. The molecule has 0 atom stereocenters. The van der Waals surface area contributed by atoms with Crippen LogP contribution >= 0.6 is 22.9 Å². The third-order valence-electron chi connectivity index (χ3n) is 6.54. The number of hydrogen-bond acceptors (Lipinski definition) is 7. The first-order chi connectivity index (χ1) is 18.3. The molecule has 0 radical (unpaired) electrons. The van der Waals surface area contributed by atoms with Crippen molar-refractivity contribution in [2.45, 2.75) is 27.2 Å². The van der Waals surface area contributed by atoms with Gasteiger partial charge in [-0.15, -0.1) is 11.3 Å². The van der Waals surface area contributed by atoms with Crippen molar-refractivity contribution < 1.29 is 14.3 Å². The van der Waals surface area contributed by atoms with Gasteiger partial charge < -0.3 is 14.5 Å². The fourth-order valence-corrected chi connectivity index (χ4v) is 5.75. The quantitative estimate of drug-likeness (QED) is 0.372. The number of piperazine rings is 1. The lowest BCUT2D eigenvalue weighted by Crippen LogP contribution is -2.51. The molecule has 4 heterocycles. The Morgan fingerprint density at radius 2 is 1.82 bits per heavy atom. The highest BCUT2D eigenvalue weighted by molar-refractivity contribution is 7.15. The van der Waals surface area contributed by atoms with Crippen LogP contribution in [0.15, 0.2) is 40.5 Å². The van der Waals surface area contributed by atoms with Crippen LogP contribution in [0.25, 0.3) is 21.9 Å². The van der Waals surface area contributed by atoms with Crippen LogP contribution in [-0.4, -0.2) is 73.8 Å². The molecule has 0 spiro atoms. The van der Waals surface area contributed by atoms with Gasteiger partial charge >= 0.3 is 6.09 Å². The minimum Gasteiger partial charge on any atom is -0.450 e. The highest BCUT2D eigenvalue weighted by Crippen LogP contribution is 2.26. The van der Waals surface area contributed by atoms with E-state index in [4.69, 9.17) is 16.3 Å². The first-order valence-corrected chi connectivity index (χ1v) is 13.6. The summed E-state index contributed by atoms with van der Waals surface area (Å²) < 4.78 is 8.26. The number of benzene rings is 1. The lowest BCUT2D eigenvalue weighted by atomic mass is 10.1. The summed E-state index contributed by atoms with van der Waals surface area (Å²) in [5.74, 6) is -0.110. The number of fused-ring (bicyclic) bond motifs is 1. The van der Waals surface area contributed by atoms with Gasteiger partial charge in [0.2, 0.25) is 5.91 Å². The Morgan fingerprint density at radius 1 is 1.11 bits per heavy atom. The largest absolute Gasteiger partial charge is 0.450 e. The average Bonchev–Trinajstić information content (AvgIpc) is 3.47. The second-order valence-corrected chi connectivity index (χ2v) is 10.2. The van der Waals surface area contributed by atoms with Crippen LogP contribution in [-0.2, 0) is 16.0 Å². The van der Waals surface area contributed by atoms with Gasteiger partial charge in [-0.3, -0.25) is 14.0 Å². The van der Waals surface area contributed by atoms with Crippen molar-refractivity contribution >= 4 is 39.9 Å². The molecule has 0 N–H and O–H groups in total. The Bertz CT molecular complexity index is 1580. The van der Waals surface area contributed by atoms with Gasteiger partial charge in [0.25, 0.3) is 5.56 Å². The van der Waals surface area contributed by atoms with Crippen molar-refractivity contribution in [3.63, 3.8) is 0 Å². The maximum atomic E-state index is 13.8. The SMILES string of the molecule is CCOC(=O)N1CCN(C(=O)Cc2csc3nc(C)c(-c4cc(C)n(-c5ccccc5Cl)n4)c(=O)n23)CC1. The molecule has 3 aromatic heterocycles. The van der Waals surface area contributed by atoms with Crippen molar-refractivity contribution in [3.05, 3.63) is 68.2 Å². The summed E-state index contributed by atoms with van der Waals surface area (Å²) in [6.07, 6.45) is -0.312. The van der Waals surface area contributed by atoms with E-state index >= 15 is 0 Å². The minimum atomic E-state index is -0.365. The predicted molar refractivity (Wildman–Crippen MR) is 145 cm³/mol. The molecule has 4 aromatic rings. The van der Waals surface area contributed by atoms with Crippen molar-refractivity contribution in [2.75, 3.05) is 32.8 Å². The maximum absolute atomic E-state index is 13.8. The number of para-hydroxylation sites is 1. The van der Waals surface area contributed by atoms with Gasteiger partial charge in [-0.2, -0.15) is 5.10 Å². The number of hydrogen-bond donors (Lipinski definition) is 0. The lowest BCUT2D eigenvalue weighted by Gasteiger charge is -2.34. The molecule has 1 saturated heterocycles. The smallest absolute Gasteiger partial charge is 0.409 e. The molecule has 0 aliphatic carbocycles. The molecule has 2 amide bonds. The number of carbonyl (C=O) groups is 2. The molecular formula is C26H27ClN6O4S. The Labute approximate surface area is 228 Å². The number of aryl methyl sites for hydroxylation is 2. The van der Waals surface area contributed by atoms with E-state index in [2.05, 4.69) is 10.1 Å². The number of ether oxygens (including phenoxy) is 1. The van der Waals surface area contributed by atoms with Crippen molar-refractivity contribution in [2.24, 2.45) is 0 Å². The van der Waals surface area contributed by atoms with Gasteiger partial charge in [-0.05, 0) is 39.0 Å². The molecule has 1 fully saturated rings. The zero-order valence-corrected chi connectivity index (χ0v) is 22.9. The molecule has 5 rings (SSSR count). The molecule has 1 aliphatic heterocycles. The summed E-state index contributed by atoms with van der Waals surface area (Å²) in [5.41, 5.74) is 3.27. The first-order valence-electron chi connectivity index (χ1n) is 12.3. The fourth-order valence-electron chi connectivity index (χ4n) is 4.61. The summed E-state index contributed by atoms with van der Waals surface area (Å²) in [5, 5.41) is 7.04. The highest BCUT2D eigenvalue weighted by atomic mass is 35.5. The summed E-state index contributed by atoms with van der Waals surface area (Å²) in [7, 11) is 0. The van der Waals surface area contributed by atoms with Crippen LogP contribution in [0.2, 0.25) is 5.02 Å². The molecule has 12 heteroatoms. The summed E-state index contributed by atoms with van der Waals surface area (Å²) >= 11 is 7.70. The Kier molecular flexibility index (Phi) is 7.22. The predicted octanol–water partition coefficient (Wildman–Crippen LogP) is 3.72. The average molecular weight is 555 g/mol. The van der Waals surface area contributed by atoms with E-state index in [-0.39, 0.29) is 24.0 Å². The van der Waals surface area contributed by atoms with E-state index in [9.17, 15) is 14.4 Å². The van der Waals surface area contributed by atoms with E-state index < -0.39 is 0 Å². The zero-order chi connectivity index (χ0) is 27.0. The molecule has 10 nitrogen and oxygen atoms in total. The van der Waals surface area contributed by atoms with Crippen LogP contribution < -0.4 is 5.56 Å². The number of rotatable bonds is 5. The fraction of sp³-hybridized carbons (Fsp3) is 0.346. The Balaban J connectivity index is 1.42. The lowest BCUT2D eigenvalue weighted by molar-refractivity contribution is -0.132. The van der Waals surface area contributed by atoms with Gasteiger partial charge in [0, 0.05) is 42.9 Å². The normalized spacial score (nSPS) is 13.8. The van der Waals surface area contributed by atoms with Gasteiger partial charge in [0.1, 0.15) is 5.69 Å². The summed E-state index contributed by atoms with van der Waals surface area (Å²) in [4.78, 5) is 47.3. The third-order valence-corrected chi connectivity index (χ3v) is 7.73. The van der Waals surface area contributed by atoms with Gasteiger partial charge in [0.05, 0.1) is 35.0 Å². The Morgan fingerprint density at radius 3 is 2.53 bits per heavy atom. The third kappa shape index (κ3) is 4.79. The molecule has 198 valence electrons. The second-order valence-electron chi connectivity index (χ2n) is 9.00. The maximum Gasteiger partial charge on any atom is 0.409 e. The number of nitrogens with zero attached hydrogens (tertiary/aromatic N) is 6. The minimum absolute atomic E-state index is 0.0522. The molecule has 1 aliphatic rings. The Hall–Kier alpha value is -3.70. The molecule has 38 heavy (non-hydrogen) atoms. The second kappa shape index (κ2) is 10.6. The van der Waals surface area contributed by atoms with Crippen LogP contribution in [0.1, 0.15) is 24.0 Å². The van der Waals surface area contributed by atoms with Gasteiger partial charge in [0.15, 0.2) is 4.96 Å². The van der Waals surface area contributed by atoms with Crippen LogP contribution in [0.3, 0.4) is 0 Å². The van der Waals surface area contributed by atoms with E-state index in [1.54, 1.807) is 39.8 Å². The molecular weight excluding hydrogens is 528 g/mol. The van der Waals surface area contributed by atoms with E-state index in [1.807, 2.05) is 31.2 Å². The molecule has 0 bridgehead atoms. The van der Waals surface area contributed by atoms with Gasteiger partial charge in [-0.25, -0.2) is 14.5 Å². The van der Waals surface area contributed by atoms with Gasteiger partial charge in [-0.1, -0.05) is 23.7 Å². The van der Waals surface area contributed by atoms with Crippen molar-refractivity contribution in [3.8, 4) is 16.9 Å². The standard InChI is InChI=1S/C26H27ClN6O4S/c1-4-37-26(36)31-11-9-30(10-12-31)22(34)14-18-15-38-25-28-17(3)23(24(35)32(18)25)20-13-16(2)33(29-20)21-8-6-5-7-19(21)27/h5-8,13,15H,4,9-12,14H2,1-3H3. The molecule has 0 unspecified atom stereocenters. The molecule has 1 aromatic carbocycles.